The Morgan fingerprint density at radius 1 is 1.45 bits per heavy atom. The molecule has 0 bridgehead atoms. The van der Waals surface area contributed by atoms with E-state index in [9.17, 15) is 9.18 Å². The molecule has 1 aromatic carbocycles. The number of likely N-dealkylation sites (tertiary alicyclic amines) is 1. The molecule has 1 heterocycles. The van der Waals surface area contributed by atoms with Crippen molar-refractivity contribution in [1.29, 1.82) is 0 Å². The van der Waals surface area contributed by atoms with Crippen LogP contribution < -0.4 is 11.1 Å². The van der Waals surface area contributed by atoms with E-state index in [2.05, 4.69) is 5.32 Å². The summed E-state index contributed by atoms with van der Waals surface area (Å²) in [6, 6.07) is 5.02. The number of halogens is 2. The van der Waals surface area contributed by atoms with E-state index in [4.69, 9.17) is 17.3 Å². The molecular weight excluding hydrogens is 281 g/mol. The lowest BCUT2D eigenvalue weighted by Crippen LogP contribution is -2.45. The zero-order valence-electron chi connectivity index (χ0n) is 11.2. The number of carbonyl (C=O) groups excluding carboxylic acids is 1. The average molecular weight is 300 g/mol. The predicted octanol–water partition coefficient (Wildman–Crippen LogP) is 1.52. The van der Waals surface area contributed by atoms with E-state index >= 15 is 0 Å². The molecule has 1 amide bonds. The summed E-state index contributed by atoms with van der Waals surface area (Å²) in [5, 5.41) is 3.77. The van der Waals surface area contributed by atoms with Crippen molar-refractivity contribution in [3.63, 3.8) is 0 Å². The second-order valence-corrected chi connectivity index (χ2v) is 5.51. The molecule has 6 heteroatoms. The van der Waals surface area contributed by atoms with Gasteiger partial charge in [-0.3, -0.25) is 9.69 Å². The maximum absolute atomic E-state index is 13.6. The highest BCUT2D eigenvalue weighted by Gasteiger charge is 2.20. The molecule has 1 aliphatic rings. The normalized spacial score (nSPS) is 17.3. The van der Waals surface area contributed by atoms with Gasteiger partial charge < -0.3 is 11.1 Å². The van der Waals surface area contributed by atoms with E-state index in [1.807, 2.05) is 4.90 Å². The maximum atomic E-state index is 13.6. The van der Waals surface area contributed by atoms with Gasteiger partial charge in [-0.2, -0.15) is 0 Å². The fraction of sp³-hybridized carbons (Fsp3) is 0.500. The SMILES string of the molecule is NC(=O)CN1CCC(NCc2c(F)cccc2Cl)CC1. The van der Waals surface area contributed by atoms with Crippen molar-refractivity contribution in [1.82, 2.24) is 10.2 Å². The molecule has 0 saturated carbocycles. The zero-order valence-corrected chi connectivity index (χ0v) is 12.0. The van der Waals surface area contributed by atoms with Gasteiger partial charge in [0.1, 0.15) is 5.82 Å². The van der Waals surface area contributed by atoms with Gasteiger partial charge in [-0.15, -0.1) is 0 Å². The Kier molecular flexibility index (Phi) is 5.34. The third-order valence-corrected chi connectivity index (χ3v) is 3.95. The fourth-order valence-corrected chi connectivity index (χ4v) is 2.69. The first kappa shape index (κ1) is 15.2. The van der Waals surface area contributed by atoms with Gasteiger partial charge in [0.25, 0.3) is 0 Å². The van der Waals surface area contributed by atoms with Crippen LogP contribution in [0.5, 0.6) is 0 Å². The van der Waals surface area contributed by atoms with Crippen LogP contribution in [-0.2, 0) is 11.3 Å². The second kappa shape index (κ2) is 7.02. The molecule has 1 aromatic rings. The monoisotopic (exact) mass is 299 g/mol. The van der Waals surface area contributed by atoms with Crippen LogP contribution in [0.4, 0.5) is 4.39 Å². The Labute approximate surface area is 123 Å². The van der Waals surface area contributed by atoms with Crippen LogP contribution in [-0.4, -0.2) is 36.5 Å². The number of hydrogen-bond acceptors (Lipinski definition) is 3. The molecule has 0 atom stereocenters. The smallest absolute Gasteiger partial charge is 0.231 e. The number of amides is 1. The molecule has 20 heavy (non-hydrogen) atoms. The van der Waals surface area contributed by atoms with Crippen LogP contribution in [0.3, 0.4) is 0 Å². The van der Waals surface area contributed by atoms with Gasteiger partial charge in [0.15, 0.2) is 0 Å². The van der Waals surface area contributed by atoms with Crippen molar-refractivity contribution in [2.24, 2.45) is 5.73 Å². The van der Waals surface area contributed by atoms with E-state index < -0.39 is 0 Å². The van der Waals surface area contributed by atoms with Crippen molar-refractivity contribution >= 4 is 17.5 Å². The van der Waals surface area contributed by atoms with Crippen LogP contribution >= 0.6 is 11.6 Å². The Morgan fingerprint density at radius 3 is 2.75 bits per heavy atom. The minimum Gasteiger partial charge on any atom is -0.369 e. The zero-order chi connectivity index (χ0) is 14.5. The lowest BCUT2D eigenvalue weighted by atomic mass is 10.0. The first-order valence-electron chi connectivity index (χ1n) is 6.73. The number of rotatable bonds is 5. The molecule has 4 nitrogen and oxygen atoms in total. The standard InChI is InChI=1S/C14H19ClFN3O/c15-12-2-1-3-13(16)11(12)8-18-10-4-6-19(7-5-10)9-14(17)20/h1-3,10,18H,4-9H2,(H2,17,20). The van der Waals surface area contributed by atoms with Gasteiger partial charge in [-0.1, -0.05) is 17.7 Å². The van der Waals surface area contributed by atoms with Gasteiger partial charge >= 0.3 is 0 Å². The average Bonchev–Trinajstić information content (AvgIpc) is 2.39. The van der Waals surface area contributed by atoms with Gasteiger partial charge in [0.05, 0.1) is 6.54 Å². The summed E-state index contributed by atoms with van der Waals surface area (Å²) in [4.78, 5) is 12.9. The molecule has 2 rings (SSSR count). The van der Waals surface area contributed by atoms with Crippen LogP contribution in [0.1, 0.15) is 18.4 Å². The summed E-state index contributed by atoms with van der Waals surface area (Å²) < 4.78 is 13.6. The van der Waals surface area contributed by atoms with Crippen molar-refractivity contribution in [3.8, 4) is 0 Å². The van der Waals surface area contributed by atoms with Crippen LogP contribution in [0.2, 0.25) is 5.02 Å². The molecule has 0 spiro atoms. The lowest BCUT2D eigenvalue weighted by Gasteiger charge is -2.31. The quantitative estimate of drug-likeness (QED) is 0.867. The van der Waals surface area contributed by atoms with Crippen LogP contribution in [0.15, 0.2) is 18.2 Å². The number of nitrogens with zero attached hydrogens (tertiary/aromatic N) is 1. The van der Waals surface area contributed by atoms with Gasteiger partial charge in [0, 0.05) is 36.3 Å². The molecular formula is C14H19ClFN3O. The van der Waals surface area contributed by atoms with E-state index in [1.165, 1.54) is 6.07 Å². The third-order valence-electron chi connectivity index (χ3n) is 3.60. The van der Waals surface area contributed by atoms with Gasteiger partial charge in [0.2, 0.25) is 5.91 Å². The van der Waals surface area contributed by atoms with Crippen LogP contribution in [0, 0.1) is 5.82 Å². The first-order valence-corrected chi connectivity index (χ1v) is 7.11. The largest absolute Gasteiger partial charge is 0.369 e. The number of hydrogen-bond donors (Lipinski definition) is 2. The highest BCUT2D eigenvalue weighted by atomic mass is 35.5. The molecule has 110 valence electrons. The number of nitrogens with one attached hydrogen (secondary N) is 1. The highest BCUT2D eigenvalue weighted by Crippen LogP contribution is 2.19. The van der Waals surface area contributed by atoms with E-state index in [0.29, 0.717) is 29.7 Å². The molecule has 0 unspecified atom stereocenters. The number of carbonyl (C=O) groups is 1. The summed E-state index contributed by atoms with van der Waals surface area (Å²) in [5.74, 6) is -0.578. The summed E-state index contributed by atoms with van der Waals surface area (Å²) in [7, 11) is 0. The summed E-state index contributed by atoms with van der Waals surface area (Å²) in [6.07, 6.45) is 1.83. The molecule has 0 aliphatic carbocycles. The highest BCUT2D eigenvalue weighted by molar-refractivity contribution is 6.31. The molecule has 0 aromatic heterocycles. The molecule has 1 saturated heterocycles. The summed E-state index contributed by atoms with van der Waals surface area (Å²) in [6.45, 7) is 2.38. The molecule has 3 N–H and O–H groups in total. The van der Waals surface area contributed by atoms with Crippen molar-refractivity contribution < 1.29 is 9.18 Å². The maximum Gasteiger partial charge on any atom is 0.231 e. The first-order chi connectivity index (χ1) is 9.56. The second-order valence-electron chi connectivity index (χ2n) is 5.10. The van der Waals surface area contributed by atoms with Crippen LogP contribution in [0.25, 0.3) is 0 Å². The summed E-state index contributed by atoms with van der Waals surface area (Å²) >= 11 is 5.99. The number of nitrogens with two attached hydrogens (primary N) is 1. The van der Waals surface area contributed by atoms with Crippen molar-refractivity contribution in [2.75, 3.05) is 19.6 Å². The van der Waals surface area contributed by atoms with Gasteiger partial charge in [-0.25, -0.2) is 4.39 Å². The van der Waals surface area contributed by atoms with Crippen molar-refractivity contribution in [2.45, 2.75) is 25.4 Å². The minimum absolute atomic E-state index is 0.281. The molecule has 1 fully saturated rings. The van der Waals surface area contributed by atoms with E-state index in [1.54, 1.807) is 12.1 Å². The van der Waals surface area contributed by atoms with E-state index in [0.717, 1.165) is 25.9 Å². The fourth-order valence-electron chi connectivity index (χ4n) is 2.46. The number of primary amides is 1. The van der Waals surface area contributed by atoms with Gasteiger partial charge in [-0.05, 0) is 25.0 Å². The molecule has 0 radical (unpaired) electrons. The number of benzene rings is 1. The minimum atomic E-state index is -0.297. The Bertz CT molecular complexity index is 455. The predicted molar refractivity (Wildman–Crippen MR) is 76.9 cm³/mol. The topological polar surface area (TPSA) is 58.4 Å². The van der Waals surface area contributed by atoms with Crippen molar-refractivity contribution in [3.05, 3.63) is 34.6 Å². The Morgan fingerprint density at radius 2 is 2.15 bits per heavy atom. The van der Waals surface area contributed by atoms with E-state index in [-0.39, 0.29) is 11.7 Å². The Hall–Kier alpha value is -1.17. The molecule has 1 aliphatic heterocycles. The summed E-state index contributed by atoms with van der Waals surface area (Å²) in [5.41, 5.74) is 5.68. The number of piperidine rings is 1. The third kappa shape index (κ3) is 4.16. The Balaban J connectivity index is 1.80. The lowest BCUT2D eigenvalue weighted by molar-refractivity contribution is -0.119.